The van der Waals surface area contributed by atoms with Crippen LogP contribution in [0, 0.1) is 12.7 Å². The van der Waals surface area contributed by atoms with E-state index in [9.17, 15) is 4.39 Å². The van der Waals surface area contributed by atoms with Gasteiger partial charge in [-0.2, -0.15) is 0 Å². The van der Waals surface area contributed by atoms with Gasteiger partial charge in [0.15, 0.2) is 0 Å². The fraction of sp³-hybridized carbons (Fsp3) is 0.333. The molecule has 1 aromatic heterocycles. The molecule has 0 aliphatic rings. The summed E-state index contributed by atoms with van der Waals surface area (Å²) in [6, 6.07) is 4.31. The van der Waals surface area contributed by atoms with Gasteiger partial charge >= 0.3 is 0 Å². The molecular formula is C15H17ClFN3. The highest BCUT2D eigenvalue weighted by molar-refractivity contribution is 6.31. The summed E-state index contributed by atoms with van der Waals surface area (Å²) in [5.74, 6) is 0.405. The molecule has 0 amide bonds. The molecule has 1 N–H and O–H groups in total. The average molecular weight is 294 g/mol. The van der Waals surface area contributed by atoms with E-state index in [1.165, 1.54) is 12.1 Å². The first-order valence-corrected chi connectivity index (χ1v) is 6.93. The van der Waals surface area contributed by atoms with Gasteiger partial charge in [0.2, 0.25) is 0 Å². The van der Waals surface area contributed by atoms with Gasteiger partial charge in [-0.25, -0.2) is 14.4 Å². The lowest BCUT2D eigenvalue weighted by atomic mass is 10.0. The highest BCUT2D eigenvalue weighted by atomic mass is 35.5. The third-order valence-corrected chi connectivity index (χ3v) is 3.36. The molecule has 0 saturated heterocycles. The lowest BCUT2D eigenvalue weighted by Gasteiger charge is -2.17. The Bertz CT molecular complexity index is 572. The second-order valence-corrected chi connectivity index (χ2v) is 5.08. The van der Waals surface area contributed by atoms with Crippen molar-refractivity contribution in [1.82, 2.24) is 15.3 Å². The monoisotopic (exact) mass is 293 g/mol. The molecule has 0 radical (unpaired) electrons. The normalized spacial score (nSPS) is 12.4. The van der Waals surface area contributed by atoms with Gasteiger partial charge < -0.3 is 5.32 Å². The van der Waals surface area contributed by atoms with E-state index in [2.05, 4.69) is 15.3 Å². The molecule has 5 heteroatoms. The molecule has 2 rings (SSSR count). The van der Waals surface area contributed by atoms with Gasteiger partial charge in [-0.05, 0) is 49.2 Å². The molecule has 1 heterocycles. The summed E-state index contributed by atoms with van der Waals surface area (Å²) in [4.78, 5) is 8.67. The fourth-order valence-electron chi connectivity index (χ4n) is 2.00. The van der Waals surface area contributed by atoms with E-state index < -0.39 is 0 Å². The van der Waals surface area contributed by atoms with Crippen LogP contribution in [0.4, 0.5) is 4.39 Å². The summed E-state index contributed by atoms with van der Waals surface area (Å²) in [7, 11) is 0. The minimum atomic E-state index is -0.288. The van der Waals surface area contributed by atoms with Gasteiger partial charge in [0, 0.05) is 17.4 Å². The molecule has 0 spiro atoms. The first-order chi connectivity index (χ1) is 9.60. The van der Waals surface area contributed by atoms with Crippen LogP contribution in [0.25, 0.3) is 0 Å². The summed E-state index contributed by atoms with van der Waals surface area (Å²) in [5, 5.41) is 3.86. The lowest BCUT2D eigenvalue weighted by molar-refractivity contribution is 0.519. The van der Waals surface area contributed by atoms with E-state index in [-0.39, 0.29) is 11.9 Å². The Balaban J connectivity index is 2.25. The first-order valence-electron chi connectivity index (χ1n) is 6.56. The fourth-order valence-corrected chi connectivity index (χ4v) is 2.20. The van der Waals surface area contributed by atoms with Crippen molar-refractivity contribution in [2.45, 2.75) is 26.3 Å². The molecule has 2 aromatic rings. The van der Waals surface area contributed by atoms with Gasteiger partial charge in [0.25, 0.3) is 0 Å². The molecule has 106 valence electrons. The molecule has 0 aliphatic heterocycles. The van der Waals surface area contributed by atoms with Crippen molar-refractivity contribution >= 4 is 11.6 Å². The van der Waals surface area contributed by atoms with Crippen LogP contribution >= 0.6 is 11.6 Å². The predicted molar refractivity (Wildman–Crippen MR) is 78.3 cm³/mol. The lowest BCUT2D eigenvalue weighted by Crippen LogP contribution is -2.25. The summed E-state index contributed by atoms with van der Waals surface area (Å²) in [6.45, 7) is 4.72. The minimum Gasteiger partial charge on any atom is -0.307 e. The summed E-state index contributed by atoms with van der Waals surface area (Å²) >= 11 is 6.12. The van der Waals surface area contributed by atoms with Crippen LogP contribution in [0.15, 0.2) is 30.6 Å². The van der Waals surface area contributed by atoms with Gasteiger partial charge in [-0.1, -0.05) is 18.5 Å². The number of hydrogen-bond donors (Lipinski definition) is 1. The minimum absolute atomic E-state index is 0.0834. The van der Waals surface area contributed by atoms with Crippen LogP contribution in [0.1, 0.15) is 29.9 Å². The van der Waals surface area contributed by atoms with E-state index in [0.29, 0.717) is 17.3 Å². The highest BCUT2D eigenvalue weighted by Gasteiger charge is 2.16. The number of benzene rings is 1. The van der Waals surface area contributed by atoms with Crippen LogP contribution in [0.2, 0.25) is 5.02 Å². The number of aromatic nitrogens is 2. The number of nitrogens with one attached hydrogen (secondary N) is 1. The van der Waals surface area contributed by atoms with Gasteiger partial charge in [0.05, 0.1) is 6.04 Å². The number of halogens is 2. The Hall–Kier alpha value is -1.52. The Kier molecular flexibility index (Phi) is 5.04. The Morgan fingerprint density at radius 3 is 2.65 bits per heavy atom. The van der Waals surface area contributed by atoms with Crippen molar-refractivity contribution < 1.29 is 4.39 Å². The molecule has 0 aliphatic carbocycles. The van der Waals surface area contributed by atoms with Crippen LogP contribution in [-0.2, 0) is 6.42 Å². The number of nitrogens with zero attached hydrogens (tertiary/aromatic N) is 2. The molecule has 0 bridgehead atoms. The van der Waals surface area contributed by atoms with E-state index >= 15 is 0 Å². The highest BCUT2D eigenvalue weighted by Crippen LogP contribution is 2.23. The van der Waals surface area contributed by atoms with Crippen molar-refractivity contribution in [1.29, 1.82) is 0 Å². The van der Waals surface area contributed by atoms with Crippen LogP contribution in [-0.4, -0.2) is 16.5 Å². The van der Waals surface area contributed by atoms with Crippen molar-refractivity contribution in [3.05, 3.63) is 58.4 Å². The van der Waals surface area contributed by atoms with E-state index in [4.69, 9.17) is 11.6 Å². The summed E-state index contributed by atoms with van der Waals surface area (Å²) < 4.78 is 13.3. The topological polar surface area (TPSA) is 37.8 Å². The number of rotatable bonds is 5. The average Bonchev–Trinajstić information content (AvgIpc) is 2.43. The van der Waals surface area contributed by atoms with Crippen LogP contribution in [0.5, 0.6) is 0 Å². The Morgan fingerprint density at radius 2 is 2.00 bits per heavy atom. The third kappa shape index (κ3) is 3.74. The number of likely N-dealkylation sites (N-methyl/N-ethyl adjacent to an activating group) is 1. The first kappa shape index (κ1) is 14.9. The maximum atomic E-state index is 13.3. The van der Waals surface area contributed by atoms with E-state index in [1.54, 1.807) is 18.5 Å². The largest absolute Gasteiger partial charge is 0.307 e. The maximum absolute atomic E-state index is 13.3. The Morgan fingerprint density at radius 1 is 1.30 bits per heavy atom. The maximum Gasteiger partial charge on any atom is 0.145 e. The van der Waals surface area contributed by atoms with E-state index in [0.717, 1.165) is 17.7 Å². The molecule has 0 fully saturated rings. The van der Waals surface area contributed by atoms with Crippen molar-refractivity contribution in [3.8, 4) is 0 Å². The zero-order valence-corrected chi connectivity index (χ0v) is 12.3. The molecule has 1 atom stereocenters. The van der Waals surface area contributed by atoms with Crippen LogP contribution in [0.3, 0.4) is 0 Å². The second kappa shape index (κ2) is 6.77. The van der Waals surface area contributed by atoms with Gasteiger partial charge in [-0.3, -0.25) is 0 Å². The SMILES string of the molecule is CCNC(Cc1cc(F)ccc1Cl)c1ncc(C)cn1. The van der Waals surface area contributed by atoms with E-state index in [1.807, 2.05) is 13.8 Å². The van der Waals surface area contributed by atoms with Crippen molar-refractivity contribution in [3.63, 3.8) is 0 Å². The molecule has 1 unspecified atom stereocenters. The standard InChI is InChI=1S/C15H17ClFN3/c1-3-18-14(15-19-8-10(2)9-20-15)7-11-6-12(17)4-5-13(11)16/h4-6,8-9,14,18H,3,7H2,1-2H3. The van der Waals surface area contributed by atoms with Crippen molar-refractivity contribution in [2.75, 3.05) is 6.54 Å². The number of hydrogen-bond acceptors (Lipinski definition) is 3. The van der Waals surface area contributed by atoms with Crippen LogP contribution < -0.4 is 5.32 Å². The quantitative estimate of drug-likeness (QED) is 0.917. The Labute approximate surface area is 123 Å². The second-order valence-electron chi connectivity index (χ2n) is 4.67. The molecule has 3 nitrogen and oxygen atoms in total. The number of aryl methyl sites for hydroxylation is 1. The smallest absolute Gasteiger partial charge is 0.145 e. The summed E-state index contributed by atoms with van der Waals surface area (Å²) in [6.07, 6.45) is 4.10. The van der Waals surface area contributed by atoms with Gasteiger partial charge in [-0.15, -0.1) is 0 Å². The molecule has 20 heavy (non-hydrogen) atoms. The predicted octanol–water partition coefficient (Wildman–Crippen LogP) is 3.47. The van der Waals surface area contributed by atoms with Gasteiger partial charge in [0.1, 0.15) is 11.6 Å². The molecule has 1 aromatic carbocycles. The third-order valence-electron chi connectivity index (χ3n) is 2.99. The molecular weight excluding hydrogens is 277 g/mol. The molecule has 0 saturated carbocycles. The van der Waals surface area contributed by atoms with Crippen molar-refractivity contribution in [2.24, 2.45) is 0 Å². The summed E-state index contributed by atoms with van der Waals surface area (Å²) in [5.41, 5.74) is 1.76. The zero-order chi connectivity index (χ0) is 14.5. The zero-order valence-electron chi connectivity index (χ0n) is 11.5.